The van der Waals surface area contributed by atoms with Crippen LogP contribution in [0.4, 0.5) is 0 Å². The Bertz CT molecular complexity index is 762. The first-order valence-corrected chi connectivity index (χ1v) is 8.71. The lowest BCUT2D eigenvalue weighted by atomic mass is 9.69. The Balaban J connectivity index is 1.95. The van der Waals surface area contributed by atoms with Gasteiger partial charge in [0.1, 0.15) is 17.6 Å². The highest BCUT2D eigenvalue weighted by molar-refractivity contribution is 6.23. The topological polar surface area (TPSA) is 107 Å². The van der Waals surface area contributed by atoms with Gasteiger partial charge < -0.3 is 25.2 Å². The Hall–Kier alpha value is -2.31. The summed E-state index contributed by atoms with van der Waals surface area (Å²) in [7, 11) is 0. The number of fused-ring (bicyclic) bond motifs is 1. The molecule has 4 N–H and O–H groups in total. The Morgan fingerprint density at radius 3 is 2.62 bits per heavy atom. The number of aliphatic hydroxyl groups is 2. The fourth-order valence-corrected chi connectivity index (χ4v) is 3.77. The molecule has 140 valence electrons. The molecular formula is C20H24O6. The van der Waals surface area contributed by atoms with Crippen molar-refractivity contribution >= 4 is 11.4 Å². The second-order valence-corrected chi connectivity index (χ2v) is 7.28. The summed E-state index contributed by atoms with van der Waals surface area (Å²) in [5.74, 6) is -1.78. The summed E-state index contributed by atoms with van der Waals surface area (Å²) in [5, 5.41) is 40.3. The first kappa shape index (κ1) is 18.5. The number of phenolic OH excluding ortho intramolecular Hbond substituents is 2. The summed E-state index contributed by atoms with van der Waals surface area (Å²) in [6.07, 6.45) is 1.53. The summed E-state index contributed by atoms with van der Waals surface area (Å²) in [5.41, 5.74) is 1.50. The number of hydrogen-bond donors (Lipinski definition) is 4. The lowest BCUT2D eigenvalue weighted by Gasteiger charge is -2.44. The van der Waals surface area contributed by atoms with E-state index in [1.54, 1.807) is 0 Å². The fraction of sp³-hybridized carbons (Fsp3) is 0.450. The van der Waals surface area contributed by atoms with Gasteiger partial charge in [-0.05, 0) is 32.4 Å². The van der Waals surface area contributed by atoms with Crippen LogP contribution in [0, 0.1) is 11.8 Å². The van der Waals surface area contributed by atoms with Gasteiger partial charge >= 0.3 is 0 Å². The van der Waals surface area contributed by atoms with Crippen molar-refractivity contribution < 1.29 is 30.0 Å². The third kappa shape index (κ3) is 3.34. The van der Waals surface area contributed by atoms with Crippen LogP contribution in [0.2, 0.25) is 0 Å². The van der Waals surface area contributed by atoms with E-state index >= 15 is 0 Å². The van der Waals surface area contributed by atoms with Crippen LogP contribution in [0.1, 0.15) is 32.3 Å². The van der Waals surface area contributed by atoms with Gasteiger partial charge in [-0.3, -0.25) is 4.79 Å². The summed E-state index contributed by atoms with van der Waals surface area (Å²) >= 11 is 0. The van der Waals surface area contributed by atoms with Crippen molar-refractivity contribution in [3.8, 4) is 11.5 Å². The van der Waals surface area contributed by atoms with E-state index in [0.717, 1.165) is 11.6 Å². The molecule has 0 amide bonds. The van der Waals surface area contributed by atoms with Crippen LogP contribution in [0.15, 0.2) is 36.1 Å². The molecule has 26 heavy (non-hydrogen) atoms. The van der Waals surface area contributed by atoms with Gasteiger partial charge in [-0.1, -0.05) is 11.6 Å². The van der Waals surface area contributed by atoms with Crippen molar-refractivity contribution in [2.75, 3.05) is 0 Å². The van der Waals surface area contributed by atoms with E-state index in [0.29, 0.717) is 6.42 Å². The summed E-state index contributed by atoms with van der Waals surface area (Å²) in [6, 6.07) is 3.95. The molecule has 1 aromatic rings. The van der Waals surface area contributed by atoms with E-state index < -0.39 is 24.2 Å². The maximum atomic E-state index is 13.0. The second-order valence-electron chi connectivity index (χ2n) is 7.28. The third-order valence-electron chi connectivity index (χ3n) is 5.15. The van der Waals surface area contributed by atoms with Gasteiger partial charge in [0.2, 0.25) is 0 Å². The van der Waals surface area contributed by atoms with Crippen LogP contribution < -0.4 is 0 Å². The van der Waals surface area contributed by atoms with E-state index in [9.17, 15) is 25.2 Å². The molecule has 6 heteroatoms. The van der Waals surface area contributed by atoms with Crippen LogP contribution in [0.5, 0.6) is 11.5 Å². The monoisotopic (exact) mass is 360 g/mol. The molecule has 0 bridgehead atoms. The van der Waals surface area contributed by atoms with E-state index in [1.165, 1.54) is 18.4 Å². The van der Waals surface area contributed by atoms with E-state index in [4.69, 9.17) is 4.74 Å². The van der Waals surface area contributed by atoms with E-state index in [-0.39, 0.29) is 40.8 Å². The molecule has 3 rings (SSSR count). The minimum absolute atomic E-state index is 0.104. The van der Waals surface area contributed by atoms with Gasteiger partial charge in [-0.2, -0.15) is 0 Å². The zero-order valence-electron chi connectivity index (χ0n) is 14.8. The Kier molecular flexibility index (Phi) is 5.07. The molecule has 5 atom stereocenters. The zero-order chi connectivity index (χ0) is 19.0. The molecule has 1 aromatic carbocycles. The molecule has 0 saturated heterocycles. The second kappa shape index (κ2) is 7.13. The number of ketones is 1. The number of carbonyl (C=O) groups is 1. The maximum absolute atomic E-state index is 13.0. The molecular weight excluding hydrogens is 336 g/mol. The first-order valence-electron chi connectivity index (χ1n) is 8.71. The summed E-state index contributed by atoms with van der Waals surface area (Å²) in [4.78, 5) is 13.0. The van der Waals surface area contributed by atoms with Crippen LogP contribution in [-0.4, -0.2) is 44.5 Å². The number of hydrogen-bond acceptors (Lipinski definition) is 6. The number of rotatable bonds is 3. The number of aromatic hydroxyl groups is 2. The largest absolute Gasteiger partial charge is 0.508 e. The Morgan fingerprint density at radius 1 is 1.23 bits per heavy atom. The average Bonchev–Trinajstić information content (AvgIpc) is 2.55. The predicted molar refractivity (Wildman–Crippen MR) is 95.3 cm³/mol. The number of allylic oxidation sites excluding steroid dienone is 3. The van der Waals surface area contributed by atoms with Gasteiger partial charge in [0, 0.05) is 24.0 Å². The number of Topliss-reactive ketones (excluding diaryl/α,β-unsaturated/α-hetero) is 1. The van der Waals surface area contributed by atoms with Crippen LogP contribution in [-0.2, 0) is 9.53 Å². The smallest absolute Gasteiger partial charge is 0.176 e. The molecule has 1 saturated carbocycles. The normalized spacial score (nSPS) is 30.8. The van der Waals surface area contributed by atoms with Gasteiger partial charge in [0.15, 0.2) is 5.78 Å². The number of benzene rings is 1. The average molecular weight is 360 g/mol. The van der Waals surface area contributed by atoms with Gasteiger partial charge in [-0.25, -0.2) is 0 Å². The lowest BCUT2D eigenvalue weighted by molar-refractivity contribution is -0.148. The van der Waals surface area contributed by atoms with Crippen LogP contribution in [0.25, 0.3) is 5.57 Å². The van der Waals surface area contributed by atoms with Gasteiger partial charge in [0.05, 0.1) is 30.0 Å². The van der Waals surface area contributed by atoms with Crippen molar-refractivity contribution in [2.45, 2.75) is 45.0 Å². The third-order valence-corrected chi connectivity index (χ3v) is 5.15. The molecule has 1 fully saturated rings. The minimum atomic E-state index is -1.02. The summed E-state index contributed by atoms with van der Waals surface area (Å²) in [6.45, 7) is 3.92. The zero-order valence-corrected chi connectivity index (χ0v) is 14.8. The highest BCUT2D eigenvalue weighted by atomic mass is 16.5. The van der Waals surface area contributed by atoms with Crippen molar-refractivity contribution in [3.05, 3.63) is 41.7 Å². The van der Waals surface area contributed by atoms with E-state index in [2.05, 4.69) is 0 Å². The number of ether oxygens (including phenoxy) is 1. The van der Waals surface area contributed by atoms with Crippen molar-refractivity contribution in [2.24, 2.45) is 11.8 Å². The number of phenols is 2. The quantitative estimate of drug-likeness (QED) is 0.615. The molecule has 6 nitrogen and oxygen atoms in total. The van der Waals surface area contributed by atoms with Crippen molar-refractivity contribution in [3.63, 3.8) is 0 Å². The minimum Gasteiger partial charge on any atom is -0.508 e. The molecule has 0 aromatic heterocycles. The van der Waals surface area contributed by atoms with E-state index in [1.807, 2.05) is 19.9 Å². The molecule has 2 aliphatic rings. The van der Waals surface area contributed by atoms with Crippen LogP contribution >= 0.6 is 0 Å². The van der Waals surface area contributed by atoms with Crippen molar-refractivity contribution in [1.82, 2.24) is 0 Å². The Morgan fingerprint density at radius 2 is 1.96 bits per heavy atom. The predicted octanol–water partition coefficient (Wildman–Crippen LogP) is 2.12. The molecule has 0 spiro atoms. The molecule has 1 aliphatic heterocycles. The molecule has 1 heterocycles. The van der Waals surface area contributed by atoms with Gasteiger partial charge in [-0.15, -0.1) is 0 Å². The van der Waals surface area contributed by atoms with Gasteiger partial charge in [0.25, 0.3) is 0 Å². The number of carbonyl (C=O) groups excluding carboxylic acids is 1. The first-order chi connectivity index (χ1) is 12.3. The molecule has 5 unspecified atom stereocenters. The highest BCUT2D eigenvalue weighted by Gasteiger charge is 2.50. The highest BCUT2D eigenvalue weighted by Crippen LogP contribution is 2.42. The SMILES string of the molecule is CC(C)=CCC1C(O)CC(O)C2C(=O)C(c3ccc(O)cc3O)=COC12. The summed E-state index contributed by atoms with van der Waals surface area (Å²) < 4.78 is 5.78. The van der Waals surface area contributed by atoms with Crippen LogP contribution in [0.3, 0.4) is 0 Å². The maximum Gasteiger partial charge on any atom is 0.176 e. The fourth-order valence-electron chi connectivity index (χ4n) is 3.77. The molecule has 0 radical (unpaired) electrons. The Labute approximate surface area is 152 Å². The number of aliphatic hydroxyl groups excluding tert-OH is 2. The standard InChI is InChI=1S/C20H24O6/c1-10(2)3-5-13-16(23)8-17(24)18-19(25)14(9-26-20(13)18)12-6-4-11(21)7-15(12)22/h3-4,6-7,9,13,16-18,20-24H,5,8H2,1-2H3. The molecule has 1 aliphatic carbocycles. The van der Waals surface area contributed by atoms with Crippen molar-refractivity contribution in [1.29, 1.82) is 0 Å². The lowest BCUT2D eigenvalue weighted by Crippen LogP contribution is -2.54.